The molecule has 3 nitrogen and oxygen atoms in total. The van der Waals surface area contributed by atoms with Gasteiger partial charge in [-0.2, -0.15) is 0 Å². The SMILES string of the molecule is Cc1cc(-c2ccc(C(=O)c3cc(F)c(I)c(O)c3C)s2)cc(C)c1O. The quantitative estimate of drug-likeness (QED) is 0.371. The van der Waals surface area contributed by atoms with Gasteiger partial charge >= 0.3 is 0 Å². The van der Waals surface area contributed by atoms with E-state index in [0.29, 0.717) is 10.4 Å². The summed E-state index contributed by atoms with van der Waals surface area (Å²) in [5, 5.41) is 19.9. The van der Waals surface area contributed by atoms with Crippen molar-refractivity contribution in [1.29, 1.82) is 0 Å². The van der Waals surface area contributed by atoms with Crippen LogP contribution in [0.5, 0.6) is 11.5 Å². The van der Waals surface area contributed by atoms with Gasteiger partial charge in [-0.3, -0.25) is 4.79 Å². The molecule has 0 radical (unpaired) electrons. The van der Waals surface area contributed by atoms with Crippen LogP contribution < -0.4 is 0 Å². The zero-order valence-electron chi connectivity index (χ0n) is 14.4. The van der Waals surface area contributed by atoms with Crippen molar-refractivity contribution < 1.29 is 19.4 Å². The third kappa shape index (κ3) is 3.23. The smallest absolute Gasteiger partial charge is 0.203 e. The number of ketones is 1. The Morgan fingerprint density at radius 1 is 1.04 bits per heavy atom. The van der Waals surface area contributed by atoms with E-state index >= 15 is 0 Å². The molecule has 0 fully saturated rings. The van der Waals surface area contributed by atoms with Gasteiger partial charge in [-0.05, 0) is 90.4 Å². The second-order valence-electron chi connectivity index (χ2n) is 6.15. The third-order valence-corrected chi connectivity index (χ3v) is 6.46. The van der Waals surface area contributed by atoms with E-state index in [9.17, 15) is 19.4 Å². The zero-order chi connectivity index (χ0) is 19.2. The molecule has 0 amide bonds. The Labute approximate surface area is 168 Å². The van der Waals surface area contributed by atoms with Crippen molar-refractivity contribution in [1.82, 2.24) is 0 Å². The average molecular weight is 482 g/mol. The minimum absolute atomic E-state index is 0.110. The summed E-state index contributed by atoms with van der Waals surface area (Å²) in [4.78, 5) is 14.2. The summed E-state index contributed by atoms with van der Waals surface area (Å²) < 4.78 is 14.1. The maximum Gasteiger partial charge on any atom is 0.203 e. The average Bonchev–Trinajstić information content (AvgIpc) is 3.10. The first kappa shape index (κ1) is 18.8. The van der Waals surface area contributed by atoms with E-state index in [0.717, 1.165) is 21.6 Å². The lowest BCUT2D eigenvalue weighted by Crippen LogP contribution is -2.04. The third-order valence-electron chi connectivity index (χ3n) is 4.30. The molecular weight excluding hydrogens is 466 g/mol. The van der Waals surface area contributed by atoms with Gasteiger partial charge in [0.25, 0.3) is 0 Å². The molecule has 6 heteroatoms. The van der Waals surface area contributed by atoms with Crippen molar-refractivity contribution in [3.8, 4) is 21.9 Å². The highest BCUT2D eigenvalue weighted by atomic mass is 127. The highest BCUT2D eigenvalue weighted by molar-refractivity contribution is 14.1. The Balaban J connectivity index is 2.02. The van der Waals surface area contributed by atoms with Gasteiger partial charge in [-0.25, -0.2) is 4.39 Å². The molecule has 0 aliphatic rings. The number of rotatable bonds is 3. The molecule has 0 saturated carbocycles. The Morgan fingerprint density at radius 2 is 1.65 bits per heavy atom. The summed E-state index contributed by atoms with van der Waals surface area (Å²) in [6.45, 7) is 5.25. The first-order valence-corrected chi connectivity index (χ1v) is 9.73. The van der Waals surface area contributed by atoms with Crippen LogP contribution in [-0.4, -0.2) is 16.0 Å². The Kier molecular flexibility index (Phi) is 5.07. The van der Waals surface area contributed by atoms with Crippen molar-refractivity contribution in [2.24, 2.45) is 0 Å². The first-order valence-electron chi connectivity index (χ1n) is 7.83. The van der Waals surface area contributed by atoms with E-state index < -0.39 is 5.82 Å². The molecule has 0 spiro atoms. The van der Waals surface area contributed by atoms with Gasteiger partial charge < -0.3 is 10.2 Å². The van der Waals surface area contributed by atoms with E-state index in [-0.39, 0.29) is 26.4 Å². The maximum absolute atomic E-state index is 14.0. The van der Waals surface area contributed by atoms with Crippen LogP contribution in [0.1, 0.15) is 31.9 Å². The molecule has 2 aromatic carbocycles. The van der Waals surface area contributed by atoms with Gasteiger partial charge in [0.15, 0.2) is 0 Å². The molecule has 1 aromatic heterocycles. The van der Waals surface area contributed by atoms with Gasteiger partial charge in [0, 0.05) is 16.0 Å². The number of phenols is 2. The number of phenolic OH excluding ortho intramolecular Hbond substituents is 2. The van der Waals surface area contributed by atoms with Gasteiger partial charge in [-0.15, -0.1) is 11.3 Å². The van der Waals surface area contributed by atoms with Crippen molar-refractivity contribution in [3.63, 3.8) is 0 Å². The molecule has 0 saturated heterocycles. The van der Waals surface area contributed by atoms with Crippen LogP contribution >= 0.6 is 33.9 Å². The van der Waals surface area contributed by atoms with Crippen LogP contribution in [0, 0.1) is 30.2 Å². The van der Waals surface area contributed by atoms with Crippen LogP contribution in [0.15, 0.2) is 30.3 Å². The fourth-order valence-corrected chi connectivity index (χ4v) is 4.29. The van der Waals surface area contributed by atoms with Crippen molar-refractivity contribution in [2.75, 3.05) is 0 Å². The van der Waals surface area contributed by atoms with E-state index in [4.69, 9.17) is 0 Å². The summed E-state index contributed by atoms with van der Waals surface area (Å²) in [6, 6.07) is 8.44. The highest BCUT2D eigenvalue weighted by Gasteiger charge is 2.21. The number of carbonyl (C=O) groups excluding carboxylic acids is 1. The molecule has 2 N–H and O–H groups in total. The lowest BCUT2D eigenvalue weighted by Gasteiger charge is -2.09. The molecular formula is C20H16FIO3S. The lowest BCUT2D eigenvalue weighted by atomic mass is 10.0. The second kappa shape index (κ2) is 7.00. The number of aryl methyl sites for hydroxylation is 2. The van der Waals surface area contributed by atoms with Crippen LogP contribution in [0.2, 0.25) is 0 Å². The van der Waals surface area contributed by atoms with E-state index in [1.54, 1.807) is 35.6 Å². The summed E-state index contributed by atoms with van der Waals surface area (Å²) >= 11 is 3.02. The van der Waals surface area contributed by atoms with Gasteiger partial charge in [-0.1, -0.05) is 0 Å². The fraction of sp³-hybridized carbons (Fsp3) is 0.150. The van der Waals surface area contributed by atoms with Crippen molar-refractivity contribution in [2.45, 2.75) is 20.8 Å². The monoisotopic (exact) mass is 482 g/mol. The van der Waals surface area contributed by atoms with E-state index in [1.807, 2.05) is 32.0 Å². The lowest BCUT2D eigenvalue weighted by molar-refractivity contribution is 0.104. The molecule has 134 valence electrons. The Morgan fingerprint density at radius 3 is 2.27 bits per heavy atom. The predicted molar refractivity (Wildman–Crippen MR) is 110 cm³/mol. The molecule has 0 unspecified atom stereocenters. The summed E-state index contributed by atoms with van der Waals surface area (Å²) in [7, 11) is 0. The van der Waals surface area contributed by atoms with E-state index in [1.165, 1.54) is 17.4 Å². The number of thiophene rings is 1. The summed E-state index contributed by atoms with van der Waals surface area (Å²) in [5.41, 5.74) is 2.97. The normalized spacial score (nSPS) is 11.0. The molecule has 0 aliphatic heterocycles. The largest absolute Gasteiger partial charge is 0.507 e. The van der Waals surface area contributed by atoms with Crippen LogP contribution in [0.3, 0.4) is 0 Å². The van der Waals surface area contributed by atoms with Gasteiger partial charge in [0.05, 0.1) is 8.45 Å². The Hall–Kier alpha value is -1.93. The fourth-order valence-electron chi connectivity index (χ4n) is 2.79. The molecule has 3 rings (SSSR count). The standard InChI is InChI=1S/C20H16FIO3S/c1-9-6-12(7-10(2)18(9)23)15-4-5-16(26-15)20(25)13-8-14(21)17(22)19(24)11(13)3/h4-8,23-24H,1-3H3. The summed E-state index contributed by atoms with van der Waals surface area (Å²) in [6.07, 6.45) is 0. The second-order valence-corrected chi connectivity index (χ2v) is 8.31. The molecule has 3 aromatic rings. The van der Waals surface area contributed by atoms with Crippen molar-refractivity contribution in [3.05, 3.63) is 66.9 Å². The number of hydrogen-bond acceptors (Lipinski definition) is 4. The minimum atomic E-state index is -0.612. The molecule has 0 bridgehead atoms. The number of hydrogen-bond donors (Lipinski definition) is 2. The molecule has 0 aliphatic carbocycles. The number of carbonyl (C=O) groups is 1. The van der Waals surface area contributed by atoms with Crippen molar-refractivity contribution >= 4 is 39.7 Å². The van der Waals surface area contributed by atoms with Gasteiger partial charge in [0.2, 0.25) is 5.78 Å². The predicted octanol–water partition coefficient (Wildman–Crippen LogP) is 5.73. The first-order chi connectivity index (χ1) is 12.2. The number of aromatic hydroxyl groups is 2. The zero-order valence-corrected chi connectivity index (χ0v) is 17.3. The topological polar surface area (TPSA) is 57.5 Å². The van der Waals surface area contributed by atoms with E-state index in [2.05, 4.69) is 0 Å². The Bertz CT molecular complexity index is 1020. The molecule has 26 heavy (non-hydrogen) atoms. The molecule has 0 atom stereocenters. The number of benzene rings is 2. The van der Waals surface area contributed by atoms with Crippen LogP contribution in [0.25, 0.3) is 10.4 Å². The summed E-state index contributed by atoms with van der Waals surface area (Å²) in [5.74, 6) is -0.868. The molecule has 1 heterocycles. The highest BCUT2D eigenvalue weighted by Crippen LogP contribution is 2.36. The van der Waals surface area contributed by atoms with Crippen LogP contribution in [0.4, 0.5) is 4.39 Å². The van der Waals surface area contributed by atoms with Crippen LogP contribution in [-0.2, 0) is 0 Å². The maximum atomic E-state index is 14.0. The number of halogens is 2. The van der Waals surface area contributed by atoms with Gasteiger partial charge in [0.1, 0.15) is 17.3 Å². The minimum Gasteiger partial charge on any atom is -0.507 e.